The Kier molecular flexibility index (Phi) is 5.91. The first-order valence-corrected chi connectivity index (χ1v) is 9.43. The van der Waals surface area contributed by atoms with Gasteiger partial charge in [-0.1, -0.05) is 0 Å². The van der Waals surface area contributed by atoms with Gasteiger partial charge in [0.25, 0.3) is 0 Å². The second-order valence-corrected chi connectivity index (χ2v) is 7.55. The Labute approximate surface area is 143 Å². The summed E-state index contributed by atoms with van der Waals surface area (Å²) in [6.45, 7) is 9.02. The van der Waals surface area contributed by atoms with Crippen LogP contribution in [0.15, 0.2) is 17.1 Å². The van der Waals surface area contributed by atoms with E-state index >= 15 is 0 Å². The molecule has 5 nitrogen and oxygen atoms in total. The minimum Gasteiger partial charge on any atom is -0.379 e. The molecule has 0 amide bonds. The van der Waals surface area contributed by atoms with Crippen molar-refractivity contribution < 1.29 is 4.74 Å². The van der Waals surface area contributed by atoms with E-state index in [0.29, 0.717) is 6.04 Å². The van der Waals surface area contributed by atoms with Gasteiger partial charge in [-0.25, -0.2) is 0 Å². The lowest BCUT2D eigenvalue weighted by Crippen LogP contribution is -2.46. The molecular weight excluding hydrogens is 308 g/mol. The van der Waals surface area contributed by atoms with Gasteiger partial charge in [0.05, 0.1) is 19.3 Å². The molecule has 2 saturated heterocycles. The highest BCUT2D eigenvalue weighted by molar-refractivity contribution is 7.12. The number of likely N-dealkylation sites (tertiary alicyclic amines) is 1. The summed E-state index contributed by atoms with van der Waals surface area (Å²) in [7, 11) is 1.89. The second-order valence-electron chi connectivity index (χ2n) is 6.23. The second kappa shape index (κ2) is 8.13. The fraction of sp³-hybridized carbons (Fsp3) is 0.706. The van der Waals surface area contributed by atoms with E-state index in [2.05, 4.69) is 39.2 Å². The lowest BCUT2D eigenvalue weighted by atomic mass is 10.2. The Balaban J connectivity index is 1.67. The molecule has 1 atom stereocenters. The molecule has 3 heterocycles. The fourth-order valence-corrected chi connectivity index (χ4v) is 4.39. The summed E-state index contributed by atoms with van der Waals surface area (Å²) in [6, 6.07) is 4.90. The number of aryl methyl sites for hydroxylation is 1. The molecule has 2 aliphatic rings. The van der Waals surface area contributed by atoms with Crippen LogP contribution in [0.2, 0.25) is 0 Å². The van der Waals surface area contributed by atoms with Crippen molar-refractivity contribution in [1.82, 2.24) is 15.1 Å². The highest BCUT2D eigenvalue weighted by atomic mass is 32.1. The quantitative estimate of drug-likeness (QED) is 0.675. The molecule has 1 aromatic heterocycles. The van der Waals surface area contributed by atoms with E-state index in [0.717, 1.165) is 51.9 Å². The van der Waals surface area contributed by atoms with E-state index < -0.39 is 0 Å². The van der Waals surface area contributed by atoms with Gasteiger partial charge in [-0.15, -0.1) is 11.3 Å². The Morgan fingerprint density at radius 3 is 2.61 bits per heavy atom. The molecule has 0 bridgehead atoms. The van der Waals surface area contributed by atoms with Crippen LogP contribution in [0.3, 0.4) is 0 Å². The van der Waals surface area contributed by atoms with Crippen molar-refractivity contribution in [2.45, 2.75) is 25.8 Å². The Hall–Kier alpha value is -1.11. The van der Waals surface area contributed by atoms with Crippen LogP contribution in [0.1, 0.15) is 28.6 Å². The van der Waals surface area contributed by atoms with Gasteiger partial charge in [0.15, 0.2) is 5.96 Å². The number of guanidine groups is 1. The minimum atomic E-state index is 0.400. The van der Waals surface area contributed by atoms with Crippen LogP contribution in [-0.2, 0) is 4.74 Å². The van der Waals surface area contributed by atoms with E-state index in [4.69, 9.17) is 4.74 Å². The Morgan fingerprint density at radius 2 is 2.00 bits per heavy atom. The number of nitrogens with one attached hydrogen (secondary N) is 1. The van der Waals surface area contributed by atoms with Crippen molar-refractivity contribution in [2.24, 2.45) is 4.99 Å². The number of rotatable bonds is 4. The lowest BCUT2D eigenvalue weighted by Gasteiger charge is -2.35. The molecule has 0 aromatic carbocycles. The Morgan fingerprint density at radius 1 is 1.26 bits per heavy atom. The average molecular weight is 337 g/mol. The summed E-state index contributed by atoms with van der Waals surface area (Å²) < 4.78 is 5.53. The molecule has 6 heteroatoms. The zero-order valence-corrected chi connectivity index (χ0v) is 15.1. The van der Waals surface area contributed by atoms with Crippen LogP contribution in [0.25, 0.3) is 0 Å². The SMILES string of the molecule is CN=C(NCC(c1ccc(C)s1)N1CCOCC1)N1CCCC1. The highest BCUT2D eigenvalue weighted by Crippen LogP contribution is 2.28. The predicted molar refractivity (Wildman–Crippen MR) is 96.4 cm³/mol. The molecule has 0 aliphatic carbocycles. The van der Waals surface area contributed by atoms with Gasteiger partial charge in [0, 0.05) is 49.5 Å². The van der Waals surface area contributed by atoms with Crippen LogP contribution >= 0.6 is 11.3 Å². The van der Waals surface area contributed by atoms with Crippen LogP contribution in [0.4, 0.5) is 0 Å². The van der Waals surface area contributed by atoms with Crippen LogP contribution in [0.5, 0.6) is 0 Å². The van der Waals surface area contributed by atoms with E-state index in [1.54, 1.807) is 0 Å². The predicted octanol–water partition coefficient (Wildman–Crippen LogP) is 2.10. The van der Waals surface area contributed by atoms with Crippen molar-refractivity contribution in [3.8, 4) is 0 Å². The van der Waals surface area contributed by atoms with Gasteiger partial charge in [0.1, 0.15) is 0 Å². The first-order valence-electron chi connectivity index (χ1n) is 8.61. The van der Waals surface area contributed by atoms with Gasteiger partial charge in [0.2, 0.25) is 0 Å². The molecule has 0 saturated carbocycles. The standard InChI is InChI=1S/C17H28N4OS/c1-14-5-6-16(23-14)15(20-9-11-22-12-10-20)13-19-17(18-2)21-7-3-4-8-21/h5-6,15H,3-4,7-13H2,1-2H3,(H,18,19). The summed E-state index contributed by atoms with van der Waals surface area (Å²) in [5.41, 5.74) is 0. The number of thiophene rings is 1. The molecule has 23 heavy (non-hydrogen) atoms. The third-order valence-corrected chi connectivity index (χ3v) is 5.75. The van der Waals surface area contributed by atoms with Gasteiger partial charge in [-0.2, -0.15) is 0 Å². The summed E-state index contributed by atoms with van der Waals surface area (Å²) in [5.74, 6) is 1.05. The monoisotopic (exact) mass is 336 g/mol. The molecule has 2 aliphatic heterocycles. The summed E-state index contributed by atoms with van der Waals surface area (Å²) in [4.78, 5) is 12.2. The fourth-order valence-electron chi connectivity index (χ4n) is 3.38. The third-order valence-electron chi connectivity index (χ3n) is 4.65. The molecule has 2 fully saturated rings. The van der Waals surface area contributed by atoms with E-state index in [1.165, 1.54) is 22.6 Å². The molecule has 3 rings (SSSR count). The maximum Gasteiger partial charge on any atom is 0.193 e. The molecule has 1 aromatic rings. The van der Waals surface area contributed by atoms with Crippen molar-refractivity contribution in [3.63, 3.8) is 0 Å². The van der Waals surface area contributed by atoms with Crippen molar-refractivity contribution >= 4 is 17.3 Å². The van der Waals surface area contributed by atoms with E-state index in [-0.39, 0.29) is 0 Å². The molecule has 128 valence electrons. The van der Waals surface area contributed by atoms with Crippen LogP contribution in [-0.4, -0.2) is 68.7 Å². The average Bonchev–Trinajstić information content (AvgIpc) is 3.24. The van der Waals surface area contributed by atoms with Gasteiger partial charge in [-0.3, -0.25) is 9.89 Å². The number of morpholine rings is 1. The topological polar surface area (TPSA) is 40.1 Å². The minimum absolute atomic E-state index is 0.400. The molecule has 0 spiro atoms. The third kappa shape index (κ3) is 4.25. The number of hydrogen-bond acceptors (Lipinski definition) is 4. The molecular formula is C17H28N4OS. The molecule has 1 unspecified atom stereocenters. The number of nitrogens with zero attached hydrogens (tertiary/aromatic N) is 3. The van der Waals surface area contributed by atoms with Crippen LogP contribution < -0.4 is 5.32 Å². The maximum atomic E-state index is 5.53. The van der Waals surface area contributed by atoms with Gasteiger partial charge >= 0.3 is 0 Å². The first-order chi connectivity index (χ1) is 11.3. The van der Waals surface area contributed by atoms with Crippen molar-refractivity contribution in [1.29, 1.82) is 0 Å². The summed E-state index contributed by atoms with van der Waals surface area (Å²) >= 11 is 1.91. The first kappa shape index (κ1) is 16.7. The normalized spacial score (nSPS) is 21.7. The van der Waals surface area contributed by atoms with E-state index in [9.17, 15) is 0 Å². The summed E-state index contributed by atoms with van der Waals surface area (Å²) in [5, 5.41) is 3.62. The van der Waals surface area contributed by atoms with Gasteiger partial charge < -0.3 is 15.0 Å². The van der Waals surface area contributed by atoms with Crippen molar-refractivity contribution in [3.05, 3.63) is 21.9 Å². The Bertz CT molecular complexity index is 518. The molecule has 1 N–H and O–H groups in total. The molecule has 0 radical (unpaired) electrons. The zero-order chi connectivity index (χ0) is 16.1. The maximum absolute atomic E-state index is 5.53. The number of aliphatic imine (C=N–C) groups is 1. The zero-order valence-electron chi connectivity index (χ0n) is 14.3. The van der Waals surface area contributed by atoms with Crippen molar-refractivity contribution in [2.75, 3.05) is 53.0 Å². The van der Waals surface area contributed by atoms with E-state index in [1.807, 2.05) is 18.4 Å². The number of hydrogen-bond donors (Lipinski definition) is 1. The van der Waals surface area contributed by atoms with Gasteiger partial charge in [-0.05, 0) is 31.9 Å². The largest absolute Gasteiger partial charge is 0.379 e. The summed E-state index contributed by atoms with van der Waals surface area (Å²) in [6.07, 6.45) is 2.55. The lowest BCUT2D eigenvalue weighted by molar-refractivity contribution is 0.0176. The highest BCUT2D eigenvalue weighted by Gasteiger charge is 2.25. The smallest absolute Gasteiger partial charge is 0.193 e. The number of ether oxygens (including phenoxy) is 1. The van der Waals surface area contributed by atoms with Crippen LogP contribution in [0, 0.1) is 6.92 Å².